The van der Waals surface area contributed by atoms with Crippen molar-refractivity contribution in [2.45, 2.75) is 19.9 Å². The molecule has 0 fully saturated rings. The van der Waals surface area contributed by atoms with Crippen LogP contribution < -0.4 is 5.32 Å². The van der Waals surface area contributed by atoms with Crippen LogP contribution in [0.15, 0.2) is 36.7 Å². The summed E-state index contributed by atoms with van der Waals surface area (Å²) in [6.07, 6.45) is 4.20. The van der Waals surface area contributed by atoms with E-state index in [1.54, 1.807) is 48.0 Å². The summed E-state index contributed by atoms with van der Waals surface area (Å²) >= 11 is 0. The Morgan fingerprint density at radius 2 is 2.04 bits per heavy atom. The molecule has 0 unspecified atom stereocenters. The molecule has 2 amide bonds. The minimum Gasteiger partial charge on any atom is -0.323 e. The van der Waals surface area contributed by atoms with Crippen molar-refractivity contribution in [2.24, 2.45) is 7.05 Å². The van der Waals surface area contributed by atoms with Crippen LogP contribution in [0, 0.1) is 5.82 Å². The highest BCUT2D eigenvalue weighted by molar-refractivity contribution is 5.87. The Morgan fingerprint density at radius 1 is 1.31 bits per heavy atom. The molecule has 0 aliphatic carbocycles. The summed E-state index contributed by atoms with van der Waals surface area (Å²) in [4.78, 5) is 18.1. The first kappa shape index (κ1) is 17.6. The molecule has 0 saturated heterocycles. The van der Waals surface area contributed by atoms with Crippen molar-refractivity contribution in [2.75, 3.05) is 12.4 Å². The summed E-state index contributed by atoms with van der Waals surface area (Å²) in [5.41, 5.74) is 1.59. The predicted octanol–water partition coefficient (Wildman–Crippen LogP) is 2.37. The molecule has 3 aromatic rings. The Kier molecular flexibility index (Phi) is 4.97. The molecule has 1 N–H and O–H groups in total. The second-order valence-electron chi connectivity index (χ2n) is 5.88. The van der Waals surface area contributed by atoms with E-state index >= 15 is 0 Å². The van der Waals surface area contributed by atoms with Gasteiger partial charge < -0.3 is 4.90 Å². The highest BCUT2D eigenvalue weighted by Crippen LogP contribution is 2.11. The third kappa shape index (κ3) is 3.88. The van der Waals surface area contributed by atoms with Gasteiger partial charge in [0.25, 0.3) is 0 Å². The summed E-state index contributed by atoms with van der Waals surface area (Å²) in [6.45, 7) is 2.33. The van der Waals surface area contributed by atoms with E-state index in [1.165, 1.54) is 17.0 Å². The monoisotopic (exact) mass is 357 g/mol. The Morgan fingerprint density at radius 3 is 2.69 bits per heavy atom. The van der Waals surface area contributed by atoms with E-state index in [2.05, 4.69) is 20.5 Å². The van der Waals surface area contributed by atoms with Gasteiger partial charge in [-0.3, -0.25) is 10.00 Å². The fraction of sp³-hybridized carbons (Fsp3) is 0.294. The van der Waals surface area contributed by atoms with Crippen molar-refractivity contribution in [1.82, 2.24) is 29.4 Å². The molecule has 0 aliphatic heterocycles. The van der Waals surface area contributed by atoms with Gasteiger partial charge in [-0.1, -0.05) is 6.92 Å². The van der Waals surface area contributed by atoms with Crippen LogP contribution >= 0.6 is 0 Å². The van der Waals surface area contributed by atoms with Crippen molar-refractivity contribution in [3.63, 3.8) is 0 Å². The number of rotatable bonds is 5. The minimum absolute atomic E-state index is 0.281. The molecule has 0 atom stereocenters. The summed E-state index contributed by atoms with van der Waals surface area (Å²) in [5.74, 6) is 0.777. The van der Waals surface area contributed by atoms with Gasteiger partial charge in [0.2, 0.25) is 5.95 Å². The second kappa shape index (κ2) is 7.34. The van der Waals surface area contributed by atoms with Gasteiger partial charge in [0.15, 0.2) is 0 Å². The Hall–Kier alpha value is -3.23. The molecule has 3 rings (SSSR count). The SMILES string of the molecule is CCc1nc(NC(=O)N(C)Cc2cnn(-c3ccc(F)cc3)c2)nn1C. The van der Waals surface area contributed by atoms with E-state index in [4.69, 9.17) is 0 Å². The van der Waals surface area contributed by atoms with Crippen LogP contribution in [0.4, 0.5) is 15.1 Å². The first-order valence-electron chi connectivity index (χ1n) is 8.17. The van der Waals surface area contributed by atoms with Crippen LogP contribution in [0.1, 0.15) is 18.3 Å². The fourth-order valence-electron chi connectivity index (χ4n) is 2.49. The number of anilines is 1. The maximum Gasteiger partial charge on any atom is 0.324 e. The number of amides is 2. The molecule has 0 radical (unpaired) electrons. The van der Waals surface area contributed by atoms with Gasteiger partial charge in [-0.25, -0.2) is 13.9 Å². The molecular formula is C17H20FN7O. The number of carbonyl (C=O) groups is 1. The van der Waals surface area contributed by atoms with E-state index < -0.39 is 0 Å². The first-order chi connectivity index (χ1) is 12.5. The van der Waals surface area contributed by atoms with Gasteiger partial charge in [0.1, 0.15) is 11.6 Å². The van der Waals surface area contributed by atoms with Crippen molar-refractivity contribution in [1.29, 1.82) is 0 Å². The molecule has 2 heterocycles. The number of hydrogen-bond donors (Lipinski definition) is 1. The molecule has 0 spiro atoms. The topological polar surface area (TPSA) is 80.9 Å². The molecule has 2 aromatic heterocycles. The average Bonchev–Trinajstić information content (AvgIpc) is 3.21. The smallest absolute Gasteiger partial charge is 0.323 e. The number of nitrogens with one attached hydrogen (secondary N) is 1. The van der Waals surface area contributed by atoms with Crippen LogP contribution in [0.25, 0.3) is 5.69 Å². The average molecular weight is 357 g/mol. The number of halogens is 1. The molecule has 8 nitrogen and oxygen atoms in total. The highest BCUT2D eigenvalue weighted by atomic mass is 19.1. The molecular weight excluding hydrogens is 337 g/mol. The zero-order chi connectivity index (χ0) is 18.7. The number of nitrogens with zero attached hydrogens (tertiary/aromatic N) is 6. The van der Waals surface area contributed by atoms with E-state index in [1.807, 2.05) is 6.92 Å². The van der Waals surface area contributed by atoms with Gasteiger partial charge in [0, 0.05) is 32.3 Å². The van der Waals surface area contributed by atoms with Crippen molar-refractivity contribution in [3.8, 4) is 5.69 Å². The maximum absolute atomic E-state index is 13.0. The zero-order valence-electron chi connectivity index (χ0n) is 14.8. The van der Waals surface area contributed by atoms with Gasteiger partial charge in [-0.2, -0.15) is 10.1 Å². The third-order valence-corrected chi connectivity index (χ3v) is 3.88. The summed E-state index contributed by atoms with van der Waals surface area (Å²) in [5, 5.41) is 11.1. The van der Waals surface area contributed by atoms with Gasteiger partial charge in [-0.15, -0.1) is 5.10 Å². The molecule has 0 saturated carbocycles. The number of aromatic nitrogens is 5. The lowest BCUT2D eigenvalue weighted by Gasteiger charge is -2.15. The normalized spacial score (nSPS) is 10.8. The largest absolute Gasteiger partial charge is 0.324 e. The lowest BCUT2D eigenvalue weighted by atomic mass is 10.3. The number of carbonyl (C=O) groups excluding carboxylic acids is 1. The number of benzene rings is 1. The molecule has 0 aliphatic rings. The quantitative estimate of drug-likeness (QED) is 0.760. The van der Waals surface area contributed by atoms with E-state index in [-0.39, 0.29) is 17.8 Å². The number of aryl methyl sites for hydroxylation is 2. The lowest BCUT2D eigenvalue weighted by Crippen LogP contribution is -2.31. The van der Waals surface area contributed by atoms with Crippen LogP contribution in [-0.2, 0) is 20.0 Å². The zero-order valence-corrected chi connectivity index (χ0v) is 14.8. The lowest BCUT2D eigenvalue weighted by molar-refractivity contribution is 0.220. The molecule has 26 heavy (non-hydrogen) atoms. The summed E-state index contributed by atoms with van der Waals surface area (Å²) in [7, 11) is 3.46. The highest BCUT2D eigenvalue weighted by Gasteiger charge is 2.14. The molecule has 9 heteroatoms. The molecule has 0 bridgehead atoms. The summed E-state index contributed by atoms with van der Waals surface area (Å²) < 4.78 is 16.3. The second-order valence-corrected chi connectivity index (χ2v) is 5.88. The first-order valence-corrected chi connectivity index (χ1v) is 8.17. The fourth-order valence-corrected chi connectivity index (χ4v) is 2.49. The molecule has 136 valence electrons. The Bertz CT molecular complexity index is 900. The van der Waals surface area contributed by atoms with E-state index in [0.29, 0.717) is 6.54 Å². The van der Waals surface area contributed by atoms with Crippen LogP contribution in [0.2, 0.25) is 0 Å². The summed E-state index contributed by atoms with van der Waals surface area (Å²) in [6, 6.07) is 5.72. The standard InChI is InChI=1S/C17H20FN7O/c1-4-15-20-16(22-24(15)3)21-17(26)23(2)10-12-9-19-25(11-12)14-7-5-13(18)6-8-14/h5-9,11H,4,10H2,1-3H3,(H,21,22,26). The maximum atomic E-state index is 13.0. The van der Waals surface area contributed by atoms with Crippen LogP contribution in [0.3, 0.4) is 0 Å². The van der Waals surface area contributed by atoms with Crippen molar-refractivity contribution < 1.29 is 9.18 Å². The van der Waals surface area contributed by atoms with Crippen molar-refractivity contribution >= 4 is 12.0 Å². The van der Waals surface area contributed by atoms with Crippen LogP contribution in [-0.4, -0.2) is 42.5 Å². The number of urea groups is 1. The van der Waals surface area contributed by atoms with Gasteiger partial charge >= 0.3 is 6.03 Å². The minimum atomic E-state index is -0.312. The van der Waals surface area contributed by atoms with Gasteiger partial charge in [0.05, 0.1) is 18.4 Å². The van der Waals surface area contributed by atoms with E-state index in [0.717, 1.165) is 23.5 Å². The third-order valence-electron chi connectivity index (χ3n) is 3.88. The molecule has 1 aromatic carbocycles. The van der Waals surface area contributed by atoms with Gasteiger partial charge in [-0.05, 0) is 24.3 Å². The number of hydrogen-bond acceptors (Lipinski definition) is 4. The predicted molar refractivity (Wildman–Crippen MR) is 94.4 cm³/mol. The Balaban J connectivity index is 1.63. The van der Waals surface area contributed by atoms with Crippen LogP contribution in [0.5, 0.6) is 0 Å². The van der Waals surface area contributed by atoms with Crippen molar-refractivity contribution in [3.05, 3.63) is 53.9 Å². The van der Waals surface area contributed by atoms with E-state index in [9.17, 15) is 9.18 Å². The Labute approximate surface area is 150 Å².